The fourth-order valence-electron chi connectivity index (χ4n) is 2.38. The van der Waals surface area contributed by atoms with E-state index < -0.39 is 0 Å². The fourth-order valence-corrected chi connectivity index (χ4v) is 2.55. The first-order valence-electron chi connectivity index (χ1n) is 5.97. The number of fused-ring (bicyclic) bond motifs is 2. The Balaban J connectivity index is 2.39. The molecule has 1 aliphatic carbocycles. The lowest BCUT2D eigenvalue weighted by molar-refractivity contribution is 0.0914. The predicted octanol–water partition coefficient (Wildman–Crippen LogP) is 3.11. The second-order valence-electron chi connectivity index (χ2n) is 4.53. The smallest absolute Gasteiger partial charge is 0.230 e. The molecule has 0 fully saturated rings. The molecule has 0 unspecified atom stereocenters. The lowest BCUT2D eigenvalue weighted by Gasteiger charge is -2.17. The zero-order valence-corrected chi connectivity index (χ0v) is 11.6. The number of rotatable bonds is 1. The summed E-state index contributed by atoms with van der Waals surface area (Å²) in [5.74, 6) is -0.612. The molecule has 2 aromatic rings. The summed E-state index contributed by atoms with van der Waals surface area (Å²) in [5.41, 5.74) is 1.79. The summed E-state index contributed by atoms with van der Waals surface area (Å²) in [4.78, 5) is 28.7. The zero-order valence-electron chi connectivity index (χ0n) is 10.9. The van der Waals surface area contributed by atoms with Gasteiger partial charge < -0.3 is 4.74 Å². The van der Waals surface area contributed by atoms with Crippen LogP contribution < -0.4 is 0 Å². The van der Waals surface area contributed by atoms with Gasteiger partial charge in [-0.2, -0.15) is 0 Å². The van der Waals surface area contributed by atoms with E-state index in [9.17, 15) is 9.59 Å². The highest BCUT2D eigenvalue weighted by molar-refractivity contribution is 6.31. The summed E-state index contributed by atoms with van der Waals surface area (Å²) in [6, 6.07) is 5.18. The number of nitrogens with zero attached hydrogens (tertiary/aromatic N) is 1. The van der Waals surface area contributed by atoms with Gasteiger partial charge in [-0.25, -0.2) is 4.98 Å². The van der Waals surface area contributed by atoms with E-state index in [4.69, 9.17) is 16.3 Å². The quantitative estimate of drug-likeness (QED) is 0.809. The van der Waals surface area contributed by atoms with E-state index in [1.165, 1.54) is 13.2 Å². The van der Waals surface area contributed by atoms with Crippen LogP contribution in [0.2, 0.25) is 5.02 Å². The van der Waals surface area contributed by atoms with Crippen molar-refractivity contribution in [3.8, 4) is 0 Å². The highest BCUT2D eigenvalue weighted by atomic mass is 35.5. The Hall–Kier alpha value is -2.20. The van der Waals surface area contributed by atoms with Gasteiger partial charge in [0.05, 0.1) is 18.2 Å². The molecule has 1 aliphatic rings. The highest BCUT2D eigenvalue weighted by Crippen LogP contribution is 2.30. The van der Waals surface area contributed by atoms with Crippen molar-refractivity contribution >= 4 is 34.1 Å². The van der Waals surface area contributed by atoms with Gasteiger partial charge in [-0.1, -0.05) is 11.6 Å². The number of ether oxygens (including phenoxy) is 1. The highest BCUT2D eigenvalue weighted by Gasteiger charge is 2.30. The van der Waals surface area contributed by atoms with E-state index in [1.54, 1.807) is 25.1 Å². The van der Waals surface area contributed by atoms with Crippen LogP contribution in [0.1, 0.15) is 26.4 Å². The summed E-state index contributed by atoms with van der Waals surface area (Å²) in [7, 11) is 1.36. The van der Waals surface area contributed by atoms with E-state index in [0.29, 0.717) is 21.7 Å². The van der Waals surface area contributed by atoms with E-state index in [1.807, 2.05) is 0 Å². The third-order valence-electron chi connectivity index (χ3n) is 3.37. The number of halogens is 1. The Labute approximate surface area is 120 Å². The molecule has 1 aromatic carbocycles. The average Bonchev–Trinajstić information content (AvgIpc) is 2.43. The van der Waals surface area contributed by atoms with Crippen LogP contribution in [0.5, 0.6) is 0 Å². The van der Waals surface area contributed by atoms with Crippen LogP contribution in [0.4, 0.5) is 0 Å². The van der Waals surface area contributed by atoms with Crippen molar-refractivity contribution in [3.63, 3.8) is 0 Å². The molecular formula is C15H10ClNO3. The molecule has 0 N–H and O–H groups in total. The maximum atomic E-state index is 12.3. The normalized spacial score (nSPS) is 14.2. The van der Waals surface area contributed by atoms with E-state index in [-0.39, 0.29) is 23.0 Å². The van der Waals surface area contributed by atoms with Gasteiger partial charge in [0.25, 0.3) is 0 Å². The number of ketones is 2. The molecule has 1 heterocycles. The fraction of sp³-hybridized carbons (Fsp3) is 0.133. The number of allylic oxidation sites excluding steroid dienone is 2. The molecule has 0 amide bonds. The van der Waals surface area contributed by atoms with E-state index in [2.05, 4.69) is 4.98 Å². The summed E-state index contributed by atoms with van der Waals surface area (Å²) < 4.78 is 4.96. The Bertz CT molecular complexity index is 808. The van der Waals surface area contributed by atoms with Crippen molar-refractivity contribution in [3.05, 3.63) is 51.9 Å². The number of carbonyl (C=O) groups is 2. The topological polar surface area (TPSA) is 56.3 Å². The number of aryl methyl sites for hydroxylation is 1. The molecule has 0 radical (unpaired) electrons. The summed E-state index contributed by atoms with van der Waals surface area (Å²) in [6.45, 7) is 1.78. The number of aromatic nitrogens is 1. The maximum absolute atomic E-state index is 12.3. The minimum absolute atomic E-state index is 0.0359. The summed E-state index contributed by atoms with van der Waals surface area (Å²) >= 11 is 5.98. The SMILES string of the molecule is COC1=CC(=O)c2nc3ccc(Cl)cc3c(C)c2C1=O. The molecule has 100 valence electrons. The standard InChI is InChI=1S/C15H10ClNO3/c1-7-9-5-8(16)3-4-10(9)17-14-11(18)6-12(20-2)15(19)13(7)14/h3-6H,1-2H3. The van der Waals surface area contributed by atoms with Gasteiger partial charge in [0.2, 0.25) is 11.6 Å². The number of hydrogen-bond donors (Lipinski definition) is 0. The first kappa shape index (κ1) is 12.8. The number of pyridine rings is 1. The predicted molar refractivity (Wildman–Crippen MR) is 75.2 cm³/mol. The molecular weight excluding hydrogens is 278 g/mol. The maximum Gasteiger partial charge on any atom is 0.230 e. The molecule has 0 saturated heterocycles. The second kappa shape index (κ2) is 4.42. The first-order valence-corrected chi connectivity index (χ1v) is 6.35. The summed E-state index contributed by atoms with van der Waals surface area (Å²) in [5, 5.41) is 1.31. The van der Waals surface area contributed by atoms with E-state index >= 15 is 0 Å². The van der Waals surface area contributed by atoms with Gasteiger partial charge in [0.1, 0.15) is 5.69 Å². The third-order valence-corrected chi connectivity index (χ3v) is 3.61. The molecule has 0 bridgehead atoms. The van der Waals surface area contributed by atoms with Crippen LogP contribution >= 0.6 is 11.6 Å². The molecule has 20 heavy (non-hydrogen) atoms. The monoisotopic (exact) mass is 287 g/mol. The minimum atomic E-state index is -0.325. The van der Waals surface area contributed by atoms with E-state index in [0.717, 1.165) is 5.39 Å². The van der Waals surface area contributed by atoms with Gasteiger partial charge in [-0.3, -0.25) is 9.59 Å². The number of carbonyl (C=O) groups excluding carboxylic acids is 2. The second-order valence-corrected chi connectivity index (χ2v) is 4.96. The molecule has 0 saturated carbocycles. The third kappa shape index (κ3) is 1.72. The molecule has 0 spiro atoms. The molecule has 5 heteroatoms. The molecule has 1 aromatic heterocycles. The lowest BCUT2D eigenvalue weighted by Crippen LogP contribution is -2.21. The van der Waals surface area contributed by atoms with Gasteiger partial charge in [0.15, 0.2) is 5.76 Å². The van der Waals surface area contributed by atoms with Gasteiger partial charge in [0, 0.05) is 16.5 Å². The minimum Gasteiger partial charge on any atom is -0.492 e. The van der Waals surface area contributed by atoms with Crippen molar-refractivity contribution < 1.29 is 14.3 Å². The van der Waals surface area contributed by atoms with Crippen molar-refractivity contribution in [1.29, 1.82) is 0 Å². The van der Waals surface area contributed by atoms with Crippen LogP contribution in [0.15, 0.2) is 30.0 Å². The largest absolute Gasteiger partial charge is 0.492 e. The Kier molecular flexibility index (Phi) is 2.83. The van der Waals surface area contributed by atoms with Crippen LogP contribution in [0, 0.1) is 6.92 Å². The van der Waals surface area contributed by atoms with Gasteiger partial charge in [-0.05, 0) is 30.7 Å². The number of hydrogen-bond acceptors (Lipinski definition) is 4. The Morgan fingerprint density at radius 3 is 2.70 bits per heavy atom. The number of methoxy groups -OCH3 is 1. The van der Waals surface area contributed by atoms with Gasteiger partial charge in [-0.15, -0.1) is 0 Å². The van der Waals surface area contributed by atoms with Crippen LogP contribution in [-0.2, 0) is 4.74 Å². The zero-order chi connectivity index (χ0) is 14.4. The van der Waals surface area contributed by atoms with Crippen LogP contribution in [-0.4, -0.2) is 23.7 Å². The number of Topliss-reactive ketones (excluding diaryl/α,β-unsaturated/α-hetero) is 1. The first-order chi connectivity index (χ1) is 9.52. The summed E-state index contributed by atoms with van der Waals surface area (Å²) in [6.07, 6.45) is 1.18. The van der Waals surface area contributed by atoms with Crippen molar-refractivity contribution in [2.24, 2.45) is 0 Å². The van der Waals surface area contributed by atoms with Crippen LogP contribution in [0.25, 0.3) is 10.9 Å². The Morgan fingerprint density at radius 2 is 2.00 bits per heavy atom. The van der Waals surface area contributed by atoms with Crippen molar-refractivity contribution in [2.45, 2.75) is 6.92 Å². The molecule has 4 nitrogen and oxygen atoms in total. The molecule has 0 atom stereocenters. The van der Waals surface area contributed by atoms with Gasteiger partial charge >= 0.3 is 0 Å². The van der Waals surface area contributed by atoms with Crippen molar-refractivity contribution in [1.82, 2.24) is 4.98 Å². The van der Waals surface area contributed by atoms with Crippen LogP contribution in [0.3, 0.4) is 0 Å². The number of benzene rings is 1. The lowest BCUT2D eigenvalue weighted by atomic mass is 9.92. The van der Waals surface area contributed by atoms with Crippen molar-refractivity contribution in [2.75, 3.05) is 7.11 Å². The average molecular weight is 288 g/mol. The Morgan fingerprint density at radius 1 is 1.25 bits per heavy atom. The molecule has 0 aliphatic heterocycles. The molecule has 3 rings (SSSR count).